The van der Waals surface area contributed by atoms with Crippen molar-refractivity contribution in [2.75, 3.05) is 50.3 Å². The molecule has 1 aromatic carbocycles. The Morgan fingerprint density at radius 3 is 2.58 bits per heavy atom. The number of nitrogens with two attached hydrogens (primary N) is 1. The van der Waals surface area contributed by atoms with Crippen LogP contribution in [-0.4, -0.2) is 78.8 Å². The Labute approximate surface area is 205 Å². The summed E-state index contributed by atoms with van der Waals surface area (Å²) in [6, 6.07) is 12.7. The van der Waals surface area contributed by atoms with Gasteiger partial charge in [0.15, 0.2) is 6.61 Å². The minimum absolute atomic E-state index is 0.146. The van der Waals surface area contributed by atoms with E-state index in [1.165, 1.54) is 4.90 Å². The SMILES string of the molecule is CSCCC(NC(=O)COc1nc(-c2ccccc2)ccc1NCC(N)CS)C(=O)N(C)C. The van der Waals surface area contributed by atoms with Crippen LogP contribution in [0.15, 0.2) is 42.5 Å². The summed E-state index contributed by atoms with van der Waals surface area (Å²) in [4.78, 5) is 31.1. The summed E-state index contributed by atoms with van der Waals surface area (Å²) in [6.07, 6.45) is 2.50. The molecule has 2 atom stereocenters. The molecule has 0 saturated heterocycles. The van der Waals surface area contributed by atoms with Crippen molar-refractivity contribution in [1.29, 1.82) is 0 Å². The summed E-state index contributed by atoms with van der Waals surface area (Å²) in [5.74, 6) is 1.03. The van der Waals surface area contributed by atoms with Gasteiger partial charge in [0.1, 0.15) is 6.04 Å². The van der Waals surface area contributed by atoms with Crippen LogP contribution in [0.25, 0.3) is 11.3 Å². The molecule has 0 fully saturated rings. The number of rotatable bonds is 13. The van der Waals surface area contributed by atoms with Gasteiger partial charge >= 0.3 is 0 Å². The van der Waals surface area contributed by atoms with Gasteiger partial charge in [0.05, 0.1) is 11.4 Å². The van der Waals surface area contributed by atoms with Gasteiger partial charge in [-0.05, 0) is 30.6 Å². The largest absolute Gasteiger partial charge is 0.466 e. The first kappa shape index (κ1) is 26.8. The van der Waals surface area contributed by atoms with Crippen molar-refractivity contribution in [2.24, 2.45) is 5.73 Å². The number of thioether (sulfide) groups is 1. The van der Waals surface area contributed by atoms with E-state index < -0.39 is 6.04 Å². The van der Waals surface area contributed by atoms with E-state index >= 15 is 0 Å². The average molecular weight is 492 g/mol. The highest BCUT2D eigenvalue weighted by Gasteiger charge is 2.22. The molecule has 2 amide bonds. The summed E-state index contributed by atoms with van der Waals surface area (Å²) < 4.78 is 5.80. The van der Waals surface area contributed by atoms with Gasteiger partial charge in [-0.1, -0.05) is 30.3 Å². The number of benzene rings is 1. The minimum atomic E-state index is -0.599. The van der Waals surface area contributed by atoms with Crippen molar-refractivity contribution in [3.8, 4) is 17.1 Å². The quantitative estimate of drug-likeness (QED) is 0.318. The molecule has 10 heteroatoms. The summed E-state index contributed by atoms with van der Waals surface area (Å²) in [6.45, 7) is 0.210. The fourth-order valence-corrected chi connectivity index (χ4v) is 3.54. The number of anilines is 1. The molecule has 180 valence electrons. The zero-order valence-corrected chi connectivity index (χ0v) is 21.0. The maximum absolute atomic E-state index is 12.6. The van der Waals surface area contributed by atoms with E-state index in [1.54, 1.807) is 25.9 Å². The third kappa shape index (κ3) is 8.79. The second kappa shape index (κ2) is 14.0. The average Bonchev–Trinajstić information content (AvgIpc) is 2.83. The van der Waals surface area contributed by atoms with E-state index in [9.17, 15) is 9.59 Å². The fourth-order valence-electron chi connectivity index (χ4n) is 2.93. The third-order valence-corrected chi connectivity index (χ3v) is 5.86. The number of carbonyl (C=O) groups is 2. The van der Waals surface area contributed by atoms with E-state index in [-0.39, 0.29) is 30.3 Å². The molecule has 2 rings (SSSR count). The highest BCUT2D eigenvalue weighted by Crippen LogP contribution is 2.27. The summed E-state index contributed by atoms with van der Waals surface area (Å²) in [5, 5.41) is 5.99. The topological polar surface area (TPSA) is 110 Å². The van der Waals surface area contributed by atoms with Crippen molar-refractivity contribution in [3.05, 3.63) is 42.5 Å². The molecule has 0 aliphatic rings. The smallest absolute Gasteiger partial charge is 0.258 e. The Morgan fingerprint density at radius 1 is 1.21 bits per heavy atom. The lowest BCUT2D eigenvalue weighted by atomic mass is 10.1. The first-order valence-corrected chi connectivity index (χ1v) is 12.7. The van der Waals surface area contributed by atoms with E-state index in [4.69, 9.17) is 10.5 Å². The second-order valence-electron chi connectivity index (χ2n) is 7.66. The molecular formula is C23H33N5O3S2. The van der Waals surface area contributed by atoms with Gasteiger partial charge in [0.25, 0.3) is 5.91 Å². The highest BCUT2D eigenvalue weighted by molar-refractivity contribution is 7.98. The molecule has 0 radical (unpaired) electrons. The van der Waals surface area contributed by atoms with Crippen LogP contribution >= 0.6 is 24.4 Å². The normalized spacial score (nSPS) is 12.5. The van der Waals surface area contributed by atoms with Crippen LogP contribution in [0.5, 0.6) is 5.88 Å². The van der Waals surface area contributed by atoms with Crippen molar-refractivity contribution < 1.29 is 14.3 Å². The molecule has 0 bridgehead atoms. The number of nitrogens with one attached hydrogen (secondary N) is 2. The molecule has 0 aliphatic heterocycles. The van der Waals surface area contributed by atoms with Crippen LogP contribution in [0.3, 0.4) is 0 Å². The lowest BCUT2D eigenvalue weighted by Crippen LogP contribution is -2.48. The van der Waals surface area contributed by atoms with Crippen LogP contribution in [0.4, 0.5) is 5.69 Å². The Kier molecular flexibility index (Phi) is 11.4. The Bertz CT molecular complexity index is 899. The van der Waals surface area contributed by atoms with Gasteiger partial charge in [-0.25, -0.2) is 4.98 Å². The number of likely N-dealkylation sites (N-methyl/N-ethyl adjacent to an activating group) is 1. The van der Waals surface area contributed by atoms with Crippen molar-refractivity contribution in [2.45, 2.75) is 18.5 Å². The predicted molar refractivity (Wildman–Crippen MR) is 139 cm³/mol. The number of pyridine rings is 1. The van der Waals surface area contributed by atoms with Gasteiger partial charge in [0, 0.05) is 38.0 Å². The zero-order valence-electron chi connectivity index (χ0n) is 19.3. The molecule has 1 heterocycles. The molecule has 4 N–H and O–H groups in total. The molecule has 33 heavy (non-hydrogen) atoms. The van der Waals surface area contributed by atoms with Crippen LogP contribution < -0.4 is 21.1 Å². The first-order valence-electron chi connectivity index (χ1n) is 10.6. The number of aromatic nitrogens is 1. The Hall–Kier alpha value is -2.43. The predicted octanol–water partition coefficient (Wildman–Crippen LogP) is 2.12. The Morgan fingerprint density at radius 2 is 1.94 bits per heavy atom. The number of hydrogen-bond donors (Lipinski definition) is 4. The van der Waals surface area contributed by atoms with Crippen LogP contribution in [0.2, 0.25) is 0 Å². The van der Waals surface area contributed by atoms with Crippen LogP contribution in [-0.2, 0) is 9.59 Å². The monoisotopic (exact) mass is 491 g/mol. The van der Waals surface area contributed by atoms with Crippen LogP contribution in [0.1, 0.15) is 6.42 Å². The first-order chi connectivity index (χ1) is 15.8. The van der Waals surface area contributed by atoms with E-state index in [1.807, 2.05) is 48.7 Å². The van der Waals surface area contributed by atoms with Gasteiger partial charge in [-0.2, -0.15) is 24.4 Å². The number of amides is 2. The molecule has 2 aromatic rings. The fraction of sp³-hybridized carbons (Fsp3) is 0.435. The summed E-state index contributed by atoms with van der Waals surface area (Å²) in [7, 11) is 3.34. The molecular weight excluding hydrogens is 458 g/mol. The number of hydrogen-bond acceptors (Lipinski definition) is 8. The van der Waals surface area contributed by atoms with E-state index in [2.05, 4.69) is 28.2 Å². The summed E-state index contributed by atoms with van der Waals surface area (Å²) in [5.41, 5.74) is 8.24. The number of ether oxygens (including phenoxy) is 1. The van der Waals surface area contributed by atoms with E-state index in [0.717, 1.165) is 17.0 Å². The molecule has 0 aliphatic carbocycles. The number of carbonyl (C=O) groups excluding carboxylic acids is 2. The van der Waals surface area contributed by atoms with Crippen LogP contribution in [0, 0.1) is 0 Å². The van der Waals surface area contributed by atoms with Crippen molar-refractivity contribution in [1.82, 2.24) is 15.2 Å². The third-order valence-electron chi connectivity index (χ3n) is 4.74. The van der Waals surface area contributed by atoms with Crippen molar-refractivity contribution in [3.63, 3.8) is 0 Å². The standard InChI is InChI=1S/C23H33N5O3S2/c1-28(2)23(30)20(11-12-33-3)26-21(29)14-31-22-19(25-13-17(24)15-32)10-9-18(27-22)16-7-5-4-6-8-16/h4-10,17,20,25,32H,11-15,24H2,1-3H3,(H,26,29). The van der Waals surface area contributed by atoms with Crippen molar-refractivity contribution >= 4 is 41.9 Å². The van der Waals surface area contributed by atoms with Gasteiger partial charge < -0.3 is 26.0 Å². The highest BCUT2D eigenvalue weighted by atomic mass is 32.2. The maximum atomic E-state index is 12.6. The molecule has 2 unspecified atom stereocenters. The molecule has 0 saturated carbocycles. The summed E-state index contributed by atoms with van der Waals surface area (Å²) >= 11 is 5.83. The minimum Gasteiger partial charge on any atom is -0.466 e. The maximum Gasteiger partial charge on any atom is 0.258 e. The van der Waals surface area contributed by atoms with Gasteiger partial charge in [-0.15, -0.1) is 0 Å². The Balaban J connectivity index is 2.14. The number of nitrogens with zero attached hydrogens (tertiary/aromatic N) is 2. The molecule has 1 aromatic heterocycles. The lowest BCUT2D eigenvalue weighted by molar-refractivity contribution is -0.135. The zero-order chi connectivity index (χ0) is 24.2. The van der Waals surface area contributed by atoms with Gasteiger partial charge in [0.2, 0.25) is 11.8 Å². The lowest BCUT2D eigenvalue weighted by Gasteiger charge is -2.21. The van der Waals surface area contributed by atoms with E-state index in [0.29, 0.717) is 24.4 Å². The number of thiol groups is 1. The molecule has 0 spiro atoms. The second-order valence-corrected chi connectivity index (χ2v) is 9.01. The molecule has 8 nitrogen and oxygen atoms in total. The van der Waals surface area contributed by atoms with Gasteiger partial charge in [-0.3, -0.25) is 9.59 Å².